The van der Waals surface area contributed by atoms with Crippen molar-refractivity contribution in [2.24, 2.45) is 0 Å². The van der Waals surface area contributed by atoms with E-state index < -0.39 is 46.5 Å². The summed E-state index contributed by atoms with van der Waals surface area (Å²) in [6.07, 6.45) is 4.17. The molecule has 208 valence electrons. The van der Waals surface area contributed by atoms with Gasteiger partial charge in [-0.25, -0.2) is 22.0 Å². The van der Waals surface area contributed by atoms with Crippen molar-refractivity contribution in [1.82, 2.24) is 0 Å². The molecule has 1 atom stereocenters. The Morgan fingerprint density at radius 2 is 1.48 bits per heavy atom. The number of unbranched alkanes of at least 4 members (excludes halogenated alkanes) is 1. The van der Waals surface area contributed by atoms with E-state index in [2.05, 4.69) is 29.6 Å². The predicted octanol–water partition coefficient (Wildman–Crippen LogP) is 8.65. The van der Waals surface area contributed by atoms with Gasteiger partial charge in [-0.05, 0) is 54.8 Å². The Kier molecular flexibility index (Phi) is 8.88. The lowest BCUT2D eigenvalue weighted by molar-refractivity contribution is -0.189. The molecule has 0 saturated carbocycles. The summed E-state index contributed by atoms with van der Waals surface area (Å²) in [5.74, 6) is -3.81. The number of benzene rings is 3. The maximum absolute atomic E-state index is 14.5. The minimum atomic E-state index is -4.67. The Bertz CT molecular complexity index is 1450. The molecule has 0 aliphatic heterocycles. The van der Waals surface area contributed by atoms with Gasteiger partial charge < -0.3 is 9.47 Å². The topological polar surface area (TPSA) is 18.5 Å². The molecule has 3 aromatic carbocycles. The van der Waals surface area contributed by atoms with Crippen molar-refractivity contribution >= 4 is 0 Å². The van der Waals surface area contributed by atoms with Crippen LogP contribution in [0.1, 0.15) is 54.4 Å². The maximum Gasteiger partial charge on any atom is 0.432 e. The minimum absolute atomic E-state index is 0.134. The van der Waals surface area contributed by atoms with E-state index in [1.807, 2.05) is 24.3 Å². The normalized spacial score (nSPS) is 14.8. The predicted molar refractivity (Wildman–Crippen MR) is 135 cm³/mol. The van der Waals surface area contributed by atoms with E-state index in [1.54, 1.807) is 12.1 Å². The van der Waals surface area contributed by atoms with Gasteiger partial charge in [0.1, 0.15) is 28.7 Å². The van der Waals surface area contributed by atoms with E-state index in [-0.39, 0.29) is 23.6 Å². The summed E-state index contributed by atoms with van der Waals surface area (Å²) in [4.78, 5) is 0. The number of ether oxygens (including phenoxy) is 2. The Labute approximate surface area is 226 Å². The summed E-state index contributed by atoms with van der Waals surface area (Å²) >= 11 is 0. The van der Waals surface area contributed by atoms with Gasteiger partial charge in [0.2, 0.25) is 0 Å². The van der Waals surface area contributed by atoms with Crippen LogP contribution >= 0.6 is 0 Å². The summed E-state index contributed by atoms with van der Waals surface area (Å²) in [7, 11) is 0. The van der Waals surface area contributed by atoms with E-state index in [1.165, 1.54) is 0 Å². The zero-order chi connectivity index (χ0) is 28.9. The molecular formula is C31H23F7O2. The lowest BCUT2D eigenvalue weighted by atomic mass is 9.91. The fourth-order valence-corrected chi connectivity index (χ4v) is 3.96. The summed E-state index contributed by atoms with van der Waals surface area (Å²) in [6.45, 7) is 2.77. The van der Waals surface area contributed by atoms with Gasteiger partial charge in [0.15, 0.2) is 17.5 Å². The third kappa shape index (κ3) is 6.87. The minimum Gasteiger partial charge on any atom is -0.494 e. The molecule has 3 aromatic rings. The van der Waals surface area contributed by atoms with Crippen LogP contribution in [0.2, 0.25) is 0 Å². The highest BCUT2D eigenvalue weighted by Gasteiger charge is 2.41. The highest BCUT2D eigenvalue weighted by atomic mass is 19.3. The molecule has 0 bridgehead atoms. The van der Waals surface area contributed by atoms with Crippen LogP contribution in [0, 0.1) is 40.9 Å². The van der Waals surface area contributed by atoms with Crippen LogP contribution in [0.25, 0.3) is 0 Å². The van der Waals surface area contributed by atoms with Crippen molar-refractivity contribution in [2.45, 2.75) is 38.2 Å². The second-order valence-corrected chi connectivity index (χ2v) is 9.02. The van der Waals surface area contributed by atoms with E-state index in [9.17, 15) is 30.7 Å². The second kappa shape index (κ2) is 12.3. The van der Waals surface area contributed by atoms with Gasteiger partial charge in [-0.1, -0.05) is 43.4 Å². The summed E-state index contributed by atoms with van der Waals surface area (Å²) in [6, 6.07) is 8.65. The van der Waals surface area contributed by atoms with Gasteiger partial charge in [0.25, 0.3) is 0 Å². The van der Waals surface area contributed by atoms with Crippen LogP contribution in [-0.2, 0) is 10.8 Å². The zero-order valence-electron chi connectivity index (χ0n) is 21.2. The Morgan fingerprint density at radius 3 is 2.05 bits per heavy atom. The largest absolute Gasteiger partial charge is 0.494 e. The van der Waals surface area contributed by atoms with Crippen molar-refractivity contribution in [2.75, 3.05) is 6.61 Å². The molecule has 40 heavy (non-hydrogen) atoms. The van der Waals surface area contributed by atoms with Gasteiger partial charge in [0, 0.05) is 29.2 Å². The van der Waals surface area contributed by atoms with Crippen molar-refractivity contribution in [3.8, 4) is 17.6 Å². The summed E-state index contributed by atoms with van der Waals surface area (Å²) in [5.41, 5.74) is -0.452. The molecule has 1 aliphatic carbocycles. The molecule has 0 saturated heterocycles. The standard InChI is InChI=1S/C31H23F7O2/c1-2-3-14-39-23-12-10-22(11-13-23)21-8-6-19(7-9-21)4-5-20-15-25(32)29(26(33)16-20)31(37,38)40-24-17-27(34)30(36)28(35)18-24/h6-10,12-13,15-18,22H,2-3,11,14H2,1H3. The first-order valence-electron chi connectivity index (χ1n) is 12.4. The van der Waals surface area contributed by atoms with E-state index in [0.29, 0.717) is 24.3 Å². The number of halogens is 7. The van der Waals surface area contributed by atoms with E-state index >= 15 is 0 Å². The van der Waals surface area contributed by atoms with Crippen LogP contribution in [0.3, 0.4) is 0 Å². The third-order valence-electron chi connectivity index (χ3n) is 6.06. The lowest BCUT2D eigenvalue weighted by Crippen LogP contribution is -2.25. The Hall–Kier alpha value is -4.19. The molecule has 0 amide bonds. The molecule has 0 fully saturated rings. The fraction of sp³-hybridized carbons (Fsp3) is 0.226. The van der Waals surface area contributed by atoms with Gasteiger partial charge in [-0.15, -0.1) is 0 Å². The first kappa shape index (κ1) is 28.8. The molecule has 0 heterocycles. The van der Waals surface area contributed by atoms with Crippen molar-refractivity contribution < 1.29 is 40.2 Å². The van der Waals surface area contributed by atoms with E-state index in [4.69, 9.17) is 4.74 Å². The van der Waals surface area contributed by atoms with Crippen LogP contribution in [0.4, 0.5) is 30.7 Å². The maximum atomic E-state index is 14.5. The second-order valence-electron chi connectivity index (χ2n) is 9.02. The van der Waals surface area contributed by atoms with Crippen molar-refractivity contribution in [1.29, 1.82) is 0 Å². The quantitative estimate of drug-likeness (QED) is 0.119. The molecule has 1 aliphatic rings. The summed E-state index contributed by atoms with van der Waals surface area (Å²) < 4.78 is 108. The van der Waals surface area contributed by atoms with Crippen LogP contribution in [0.15, 0.2) is 72.5 Å². The number of hydrogen-bond acceptors (Lipinski definition) is 2. The smallest absolute Gasteiger partial charge is 0.432 e. The summed E-state index contributed by atoms with van der Waals surface area (Å²) in [5, 5.41) is 0. The average molecular weight is 561 g/mol. The van der Waals surface area contributed by atoms with Gasteiger partial charge in [-0.2, -0.15) is 8.78 Å². The molecule has 9 heteroatoms. The van der Waals surface area contributed by atoms with Gasteiger partial charge in [-0.3, -0.25) is 0 Å². The first-order valence-corrected chi connectivity index (χ1v) is 12.4. The van der Waals surface area contributed by atoms with E-state index in [0.717, 1.165) is 30.6 Å². The number of hydrogen-bond donors (Lipinski definition) is 0. The highest BCUT2D eigenvalue weighted by molar-refractivity contribution is 5.46. The monoisotopic (exact) mass is 560 g/mol. The zero-order valence-corrected chi connectivity index (χ0v) is 21.2. The molecule has 0 aromatic heterocycles. The van der Waals surface area contributed by atoms with Gasteiger partial charge >= 0.3 is 6.11 Å². The molecule has 4 rings (SSSR count). The average Bonchev–Trinajstić information content (AvgIpc) is 2.90. The fourth-order valence-electron chi connectivity index (χ4n) is 3.96. The third-order valence-corrected chi connectivity index (χ3v) is 6.06. The Morgan fingerprint density at radius 1 is 0.850 bits per heavy atom. The molecule has 2 nitrogen and oxygen atoms in total. The molecule has 0 radical (unpaired) electrons. The van der Waals surface area contributed by atoms with Crippen LogP contribution in [-0.4, -0.2) is 6.61 Å². The lowest BCUT2D eigenvalue weighted by Gasteiger charge is -2.19. The number of alkyl halides is 2. The number of rotatable bonds is 8. The van der Waals surface area contributed by atoms with Crippen LogP contribution in [0.5, 0.6) is 5.75 Å². The molecular weight excluding hydrogens is 537 g/mol. The molecule has 0 spiro atoms. The Balaban J connectivity index is 1.45. The highest BCUT2D eigenvalue weighted by Crippen LogP contribution is 2.36. The molecule has 0 N–H and O–H groups in total. The van der Waals surface area contributed by atoms with Crippen molar-refractivity contribution in [3.05, 3.63) is 124 Å². The van der Waals surface area contributed by atoms with Crippen LogP contribution < -0.4 is 4.74 Å². The SMILES string of the molecule is CCCCOC1=CCC(c2ccc(C#Cc3cc(F)c(C(F)(F)Oc4cc(F)c(F)c(F)c4)c(F)c3)cc2)C=C1. The molecule has 1 unspecified atom stereocenters. The van der Waals surface area contributed by atoms with Gasteiger partial charge in [0.05, 0.1) is 6.61 Å². The first-order chi connectivity index (χ1) is 19.1. The number of allylic oxidation sites excluding steroid dienone is 3. The van der Waals surface area contributed by atoms with Crippen molar-refractivity contribution in [3.63, 3.8) is 0 Å².